The minimum Gasteiger partial charge on any atom is -0.374 e. The standard InChI is InChI=1S/C10H15ClN2OS/c11-10-13-12-9(15-10)7-14-6-8-4-2-1-3-5-8/h8H,1-7H2. The Kier molecular flexibility index (Phi) is 4.35. The van der Waals surface area contributed by atoms with Gasteiger partial charge in [0.15, 0.2) is 0 Å². The van der Waals surface area contributed by atoms with Crippen LogP contribution in [0.4, 0.5) is 0 Å². The Morgan fingerprint density at radius 2 is 2.07 bits per heavy atom. The molecule has 1 saturated carbocycles. The molecule has 2 rings (SSSR count). The topological polar surface area (TPSA) is 35.0 Å². The second-order valence-electron chi connectivity index (χ2n) is 3.97. The molecule has 1 aliphatic carbocycles. The summed E-state index contributed by atoms with van der Waals surface area (Å²) in [6.07, 6.45) is 6.74. The number of ether oxygens (including phenoxy) is 1. The van der Waals surface area contributed by atoms with Crippen molar-refractivity contribution in [1.82, 2.24) is 10.2 Å². The number of hydrogen-bond donors (Lipinski definition) is 0. The first-order valence-electron chi connectivity index (χ1n) is 5.40. The van der Waals surface area contributed by atoms with E-state index in [4.69, 9.17) is 16.3 Å². The van der Waals surface area contributed by atoms with Crippen molar-refractivity contribution in [2.75, 3.05) is 6.61 Å². The maximum atomic E-state index is 5.68. The Bertz CT molecular complexity index is 299. The third kappa shape index (κ3) is 3.70. The molecule has 0 radical (unpaired) electrons. The van der Waals surface area contributed by atoms with Gasteiger partial charge in [-0.2, -0.15) is 0 Å². The van der Waals surface area contributed by atoms with E-state index in [1.165, 1.54) is 43.4 Å². The lowest BCUT2D eigenvalue weighted by atomic mass is 9.90. The second-order valence-corrected chi connectivity index (χ2v) is 5.61. The van der Waals surface area contributed by atoms with E-state index in [1.54, 1.807) is 0 Å². The molecule has 0 spiro atoms. The minimum atomic E-state index is 0.492. The fraction of sp³-hybridized carbons (Fsp3) is 0.800. The third-order valence-electron chi connectivity index (χ3n) is 2.75. The van der Waals surface area contributed by atoms with Crippen LogP contribution in [-0.2, 0) is 11.3 Å². The second kappa shape index (κ2) is 5.77. The van der Waals surface area contributed by atoms with Crippen LogP contribution in [0.2, 0.25) is 4.47 Å². The predicted octanol–water partition coefficient (Wildman–Crippen LogP) is 3.29. The summed E-state index contributed by atoms with van der Waals surface area (Å²) in [5.74, 6) is 0.752. The summed E-state index contributed by atoms with van der Waals surface area (Å²) >= 11 is 7.07. The number of hydrogen-bond acceptors (Lipinski definition) is 4. The lowest BCUT2D eigenvalue weighted by Crippen LogP contribution is -2.13. The smallest absolute Gasteiger partial charge is 0.207 e. The zero-order valence-corrected chi connectivity index (χ0v) is 10.2. The van der Waals surface area contributed by atoms with Gasteiger partial charge in [-0.15, -0.1) is 10.2 Å². The lowest BCUT2D eigenvalue weighted by Gasteiger charge is -2.20. The normalized spacial score (nSPS) is 18.2. The number of halogens is 1. The van der Waals surface area contributed by atoms with Gasteiger partial charge in [0.2, 0.25) is 4.47 Å². The van der Waals surface area contributed by atoms with Gasteiger partial charge in [0.1, 0.15) is 11.6 Å². The summed E-state index contributed by atoms with van der Waals surface area (Å²) in [6, 6.07) is 0. The maximum absolute atomic E-state index is 5.68. The molecular formula is C10H15ClN2OS. The number of rotatable bonds is 4. The van der Waals surface area contributed by atoms with Crippen molar-refractivity contribution < 1.29 is 4.74 Å². The molecule has 1 heterocycles. The fourth-order valence-corrected chi connectivity index (χ4v) is 2.76. The van der Waals surface area contributed by atoms with Crippen LogP contribution in [0.25, 0.3) is 0 Å². The first kappa shape index (κ1) is 11.3. The van der Waals surface area contributed by atoms with E-state index in [0.717, 1.165) is 17.5 Å². The van der Waals surface area contributed by atoms with Crippen molar-refractivity contribution >= 4 is 22.9 Å². The average Bonchev–Trinajstić information content (AvgIpc) is 2.66. The summed E-state index contributed by atoms with van der Waals surface area (Å²) in [7, 11) is 0. The van der Waals surface area contributed by atoms with Gasteiger partial charge in [-0.3, -0.25) is 0 Å². The highest BCUT2D eigenvalue weighted by atomic mass is 35.5. The van der Waals surface area contributed by atoms with Crippen molar-refractivity contribution in [3.8, 4) is 0 Å². The molecule has 1 aliphatic rings. The minimum absolute atomic E-state index is 0.492. The number of aromatic nitrogens is 2. The molecule has 5 heteroatoms. The van der Waals surface area contributed by atoms with Gasteiger partial charge in [-0.05, 0) is 30.4 Å². The van der Waals surface area contributed by atoms with E-state index in [0.29, 0.717) is 11.1 Å². The Morgan fingerprint density at radius 3 is 2.73 bits per heavy atom. The van der Waals surface area contributed by atoms with Gasteiger partial charge in [-0.25, -0.2) is 0 Å². The van der Waals surface area contributed by atoms with Crippen LogP contribution in [0.5, 0.6) is 0 Å². The van der Waals surface area contributed by atoms with E-state index in [9.17, 15) is 0 Å². The first-order chi connectivity index (χ1) is 7.34. The molecule has 15 heavy (non-hydrogen) atoms. The van der Waals surface area contributed by atoms with Crippen LogP contribution in [0, 0.1) is 5.92 Å². The average molecular weight is 247 g/mol. The molecule has 0 amide bonds. The zero-order chi connectivity index (χ0) is 10.5. The predicted molar refractivity (Wildman–Crippen MR) is 61.2 cm³/mol. The van der Waals surface area contributed by atoms with Crippen molar-refractivity contribution in [1.29, 1.82) is 0 Å². The fourth-order valence-electron chi connectivity index (χ4n) is 1.96. The van der Waals surface area contributed by atoms with E-state index < -0.39 is 0 Å². The van der Waals surface area contributed by atoms with Crippen LogP contribution in [0.15, 0.2) is 0 Å². The van der Waals surface area contributed by atoms with Crippen molar-refractivity contribution in [2.24, 2.45) is 5.92 Å². The van der Waals surface area contributed by atoms with E-state index >= 15 is 0 Å². The lowest BCUT2D eigenvalue weighted by molar-refractivity contribution is 0.0735. The van der Waals surface area contributed by atoms with Crippen LogP contribution in [0.1, 0.15) is 37.1 Å². The highest BCUT2D eigenvalue weighted by Crippen LogP contribution is 2.24. The number of nitrogens with zero attached hydrogens (tertiary/aromatic N) is 2. The van der Waals surface area contributed by atoms with Crippen LogP contribution in [0.3, 0.4) is 0 Å². The molecule has 0 bridgehead atoms. The molecule has 0 N–H and O–H groups in total. The summed E-state index contributed by atoms with van der Waals surface area (Å²) < 4.78 is 6.11. The van der Waals surface area contributed by atoms with Gasteiger partial charge in [0.05, 0.1) is 0 Å². The van der Waals surface area contributed by atoms with Gasteiger partial charge in [0, 0.05) is 6.61 Å². The first-order valence-corrected chi connectivity index (χ1v) is 6.59. The molecule has 1 aromatic heterocycles. The van der Waals surface area contributed by atoms with Crippen molar-refractivity contribution in [2.45, 2.75) is 38.7 Å². The van der Waals surface area contributed by atoms with E-state index in [2.05, 4.69) is 10.2 Å². The molecule has 3 nitrogen and oxygen atoms in total. The molecule has 1 fully saturated rings. The van der Waals surface area contributed by atoms with Gasteiger partial charge in [-0.1, -0.05) is 30.6 Å². The molecule has 0 saturated heterocycles. The Hall–Kier alpha value is -0.190. The molecule has 84 valence electrons. The summed E-state index contributed by atoms with van der Waals surface area (Å²) in [4.78, 5) is 0. The van der Waals surface area contributed by atoms with Crippen LogP contribution in [-0.4, -0.2) is 16.8 Å². The maximum Gasteiger partial charge on any atom is 0.207 e. The zero-order valence-electron chi connectivity index (χ0n) is 8.62. The molecule has 0 aliphatic heterocycles. The molecular weight excluding hydrogens is 232 g/mol. The SMILES string of the molecule is Clc1nnc(COCC2CCCCC2)s1. The third-order valence-corrected chi connectivity index (χ3v) is 3.74. The molecule has 0 unspecified atom stereocenters. The molecule has 0 atom stereocenters. The van der Waals surface area contributed by atoms with Gasteiger partial charge < -0.3 is 4.74 Å². The van der Waals surface area contributed by atoms with Gasteiger partial charge >= 0.3 is 0 Å². The largest absolute Gasteiger partial charge is 0.374 e. The quantitative estimate of drug-likeness (QED) is 0.818. The highest BCUT2D eigenvalue weighted by molar-refractivity contribution is 7.15. The highest BCUT2D eigenvalue weighted by Gasteiger charge is 2.13. The Morgan fingerprint density at radius 1 is 1.27 bits per heavy atom. The van der Waals surface area contributed by atoms with E-state index in [-0.39, 0.29) is 0 Å². The van der Waals surface area contributed by atoms with Crippen molar-refractivity contribution in [3.63, 3.8) is 0 Å². The Balaban J connectivity index is 1.65. The van der Waals surface area contributed by atoms with Gasteiger partial charge in [0.25, 0.3) is 0 Å². The molecule has 0 aromatic carbocycles. The van der Waals surface area contributed by atoms with Crippen molar-refractivity contribution in [3.05, 3.63) is 9.47 Å². The summed E-state index contributed by atoms with van der Waals surface area (Å²) in [6.45, 7) is 1.41. The summed E-state index contributed by atoms with van der Waals surface area (Å²) in [5, 5.41) is 8.52. The Labute approximate surface area is 98.8 Å². The monoisotopic (exact) mass is 246 g/mol. The van der Waals surface area contributed by atoms with E-state index in [1.807, 2.05) is 0 Å². The van der Waals surface area contributed by atoms with Crippen LogP contribution < -0.4 is 0 Å². The molecule has 1 aromatic rings. The van der Waals surface area contributed by atoms with Crippen LogP contribution >= 0.6 is 22.9 Å². The summed E-state index contributed by atoms with van der Waals surface area (Å²) in [5.41, 5.74) is 0.